The minimum atomic E-state index is -1.31. The van der Waals surface area contributed by atoms with Crippen molar-refractivity contribution in [2.24, 2.45) is 5.92 Å². The molecule has 0 spiro atoms. The van der Waals surface area contributed by atoms with Crippen LogP contribution in [0.1, 0.15) is 11.1 Å². The molecule has 2 aromatic rings. The summed E-state index contributed by atoms with van der Waals surface area (Å²) in [6, 6.07) is 13.9. The van der Waals surface area contributed by atoms with E-state index in [4.69, 9.17) is 5.11 Å². The predicted octanol–water partition coefficient (Wildman–Crippen LogP) is 1.60. The number of hydrogen-bond acceptors (Lipinski definition) is 4. The highest BCUT2D eigenvalue weighted by molar-refractivity contribution is 6.00. The van der Waals surface area contributed by atoms with Gasteiger partial charge < -0.3 is 10.4 Å². The van der Waals surface area contributed by atoms with Crippen LogP contribution in [0, 0.1) is 11.7 Å². The second-order valence-electron chi connectivity index (χ2n) is 5.88. The van der Waals surface area contributed by atoms with Crippen molar-refractivity contribution in [1.29, 1.82) is 0 Å². The monoisotopic (exact) mass is 374 g/mol. The fourth-order valence-electron chi connectivity index (χ4n) is 2.45. The van der Waals surface area contributed by atoms with Crippen LogP contribution in [-0.2, 0) is 27.3 Å². The molecule has 3 N–H and O–H groups in total. The number of hydroxylamine groups is 2. The average molecular weight is 374 g/mol. The number of benzene rings is 2. The quantitative estimate of drug-likeness (QED) is 0.370. The van der Waals surface area contributed by atoms with Crippen molar-refractivity contribution >= 4 is 17.8 Å². The van der Waals surface area contributed by atoms with Gasteiger partial charge in [0.25, 0.3) is 5.91 Å². The van der Waals surface area contributed by atoms with Crippen LogP contribution in [0.4, 0.5) is 4.39 Å². The molecule has 2 aromatic carbocycles. The SMILES string of the molecule is O=C(O)CNC(=O)C(Cc1ccccc1)C(=O)N(O)Cc1ccc(F)cc1. The zero-order chi connectivity index (χ0) is 19.8. The summed E-state index contributed by atoms with van der Waals surface area (Å²) in [4.78, 5) is 35.6. The molecule has 7 nitrogen and oxygen atoms in total. The van der Waals surface area contributed by atoms with Crippen LogP contribution in [0.15, 0.2) is 54.6 Å². The Hall–Kier alpha value is -3.26. The Kier molecular flexibility index (Phi) is 7.01. The van der Waals surface area contributed by atoms with Gasteiger partial charge in [0.1, 0.15) is 18.3 Å². The summed E-state index contributed by atoms with van der Waals surface area (Å²) < 4.78 is 13.0. The molecular formula is C19H19FN2O5. The number of carbonyl (C=O) groups excluding carboxylic acids is 2. The van der Waals surface area contributed by atoms with E-state index >= 15 is 0 Å². The molecule has 0 aliphatic rings. The largest absolute Gasteiger partial charge is 0.480 e. The molecule has 27 heavy (non-hydrogen) atoms. The van der Waals surface area contributed by atoms with Crippen molar-refractivity contribution in [1.82, 2.24) is 10.4 Å². The van der Waals surface area contributed by atoms with Crippen LogP contribution in [0.5, 0.6) is 0 Å². The fourth-order valence-corrected chi connectivity index (χ4v) is 2.45. The first-order valence-electron chi connectivity index (χ1n) is 8.15. The third-order valence-corrected chi connectivity index (χ3v) is 3.81. The van der Waals surface area contributed by atoms with Crippen molar-refractivity contribution in [3.63, 3.8) is 0 Å². The molecule has 0 saturated carbocycles. The molecule has 0 bridgehead atoms. The Labute approximate surface area is 155 Å². The number of carboxylic acids is 1. The molecule has 0 aliphatic carbocycles. The molecule has 8 heteroatoms. The van der Waals surface area contributed by atoms with Crippen LogP contribution in [0.25, 0.3) is 0 Å². The first kappa shape index (κ1) is 20.1. The molecule has 0 heterocycles. The summed E-state index contributed by atoms with van der Waals surface area (Å²) >= 11 is 0. The maximum absolute atomic E-state index is 13.0. The summed E-state index contributed by atoms with van der Waals surface area (Å²) in [6.45, 7) is -0.878. The summed E-state index contributed by atoms with van der Waals surface area (Å²) in [5.41, 5.74) is 1.15. The van der Waals surface area contributed by atoms with Gasteiger partial charge in [0.15, 0.2) is 0 Å². The van der Waals surface area contributed by atoms with E-state index in [1.807, 2.05) is 0 Å². The lowest BCUT2D eigenvalue weighted by molar-refractivity contribution is -0.174. The van der Waals surface area contributed by atoms with Gasteiger partial charge in [-0.15, -0.1) is 0 Å². The summed E-state index contributed by atoms with van der Waals surface area (Å²) in [6.07, 6.45) is -0.00833. The lowest BCUT2D eigenvalue weighted by Gasteiger charge is -2.21. The van der Waals surface area contributed by atoms with Crippen molar-refractivity contribution in [2.75, 3.05) is 6.54 Å². The maximum Gasteiger partial charge on any atom is 0.322 e. The third-order valence-electron chi connectivity index (χ3n) is 3.81. The molecule has 1 unspecified atom stereocenters. The molecule has 0 fully saturated rings. The number of rotatable bonds is 8. The van der Waals surface area contributed by atoms with E-state index in [2.05, 4.69) is 5.32 Å². The third kappa shape index (κ3) is 6.19. The Morgan fingerprint density at radius 1 is 1.00 bits per heavy atom. The minimum absolute atomic E-state index is 0.00833. The van der Waals surface area contributed by atoms with Crippen molar-refractivity contribution in [2.45, 2.75) is 13.0 Å². The van der Waals surface area contributed by atoms with Gasteiger partial charge in [-0.25, -0.2) is 9.45 Å². The van der Waals surface area contributed by atoms with E-state index < -0.39 is 36.1 Å². The van der Waals surface area contributed by atoms with Crippen LogP contribution < -0.4 is 5.32 Å². The van der Waals surface area contributed by atoms with Gasteiger partial charge in [-0.05, 0) is 29.7 Å². The van der Waals surface area contributed by atoms with Gasteiger partial charge in [-0.1, -0.05) is 42.5 Å². The smallest absolute Gasteiger partial charge is 0.322 e. The normalized spacial score (nSPS) is 11.5. The van der Waals surface area contributed by atoms with Gasteiger partial charge in [-0.2, -0.15) is 0 Å². The average Bonchev–Trinajstić information content (AvgIpc) is 2.66. The van der Waals surface area contributed by atoms with Gasteiger partial charge in [0.2, 0.25) is 5.91 Å². The van der Waals surface area contributed by atoms with E-state index in [0.717, 1.165) is 0 Å². The molecule has 142 valence electrons. The van der Waals surface area contributed by atoms with E-state index in [1.54, 1.807) is 30.3 Å². The van der Waals surface area contributed by atoms with Crippen molar-refractivity contribution in [3.05, 3.63) is 71.5 Å². The Balaban J connectivity index is 2.14. The number of hydrogen-bond donors (Lipinski definition) is 3. The lowest BCUT2D eigenvalue weighted by atomic mass is 9.97. The van der Waals surface area contributed by atoms with Crippen LogP contribution in [-0.4, -0.2) is 39.7 Å². The first-order chi connectivity index (χ1) is 12.9. The van der Waals surface area contributed by atoms with Gasteiger partial charge in [0, 0.05) is 0 Å². The molecule has 2 rings (SSSR count). The number of halogens is 1. The Bertz CT molecular complexity index is 796. The zero-order valence-electron chi connectivity index (χ0n) is 14.3. The summed E-state index contributed by atoms with van der Waals surface area (Å²) in [7, 11) is 0. The number of carbonyl (C=O) groups is 3. The molecule has 0 aromatic heterocycles. The van der Waals surface area contributed by atoms with Gasteiger partial charge in [0.05, 0.1) is 6.54 Å². The maximum atomic E-state index is 13.0. The minimum Gasteiger partial charge on any atom is -0.480 e. The number of amides is 2. The predicted molar refractivity (Wildman–Crippen MR) is 93.0 cm³/mol. The number of nitrogens with zero attached hydrogens (tertiary/aromatic N) is 1. The topological polar surface area (TPSA) is 107 Å². The Morgan fingerprint density at radius 3 is 2.22 bits per heavy atom. The van der Waals surface area contributed by atoms with Crippen molar-refractivity contribution < 1.29 is 29.1 Å². The summed E-state index contributed by atoms with van der Waals surface area (Å²) in [5, 5.41) is 21.4. The molecule has 1 atom stereocenters. The summed E-state index contributed by atoms with van der Waals surface area (Å²) in [5.74, 6) is -4.70. The molecule has 2 amide bonds. The van der Waals surface area contributed by atoms with E-state index in [9.17, 15) is 24.0 Å². The highest BCUT2D eigenvalue weighted by Gasteiger charge is 2.31. The first-order valence-corrected chi connectivity index (χ1v) is 8.15. The molecule has 0 aliphatic heterocycles. The lowest BCUT2D eigenvalue weighted by Crippen LogP contribution is -2.44. The van der Waals surface area contributed by atoms with Gasteiger partial charge >= 0.3 is 5.97 Å². The van der Waals surface area contributed by atoms with Crippen LogP contribution in [0.2, 0.25) is 0 Å². The van der Waals surface area contributed by atoms with Gasteiger partial charge in [-0.3, -0.25) is 19.6 Å². The van der Waals surface area contributed by atoms with Crippen molar-refractivity contribution in [3.8, 4) is 0 Å². The van der Waals surface area contributed by atoms with E-state index in [-0.39, 0.29) is 13.0 Å². The van der Waals surface area contributed by atoms with E-state index in [0.29, 0.717) is 16.2 Å². The number of aliphatic carboxylic acids is 1. The number of carboxylic acid groups (broad SMARTS) is 1. The molecular weight excluding hydrogens is 355 g/mol. The Morgan fingerprint density at radius 2 is 1.63 bits per heavy atom. The highest BCUT2D eigenvalue weighted by atomic mass is 19.1. The second-order valence-corrected chi connectivity index (χ2v) is 5.88. The fraction of sp³-hybridized carbons (Fsp3) is 0.211. The molecule has 0 saturated heterocycles. The van der Waals surface area contributed by atoms with Crippen LogP contribution in [0.3, 0.4) is 0 Å². The molecule has 0 radical (unpaired) electrons. The number of nitrogens with one attached hydrogen (secondary N) is 1. The standard InChI is InChI=1S/C19H19FN2O5/c20-15-8-6-14(7-9-15)12-22(27)19(26)16(18(25)21-11-17(23)24)10-13-4-2-1-3-5-13/h1-9,16,27H,10-12H2,(H,21,25)(H,23,24). The van der Waals surface area contributed by atoms with E-state index in [1.165, 1.54) is 24.3 Å². The zero-order valence-corrected chi connectivity index (χ0v) is 14.3. The second kappa shape index (κ2) is 9.44. The highest BCUT2D eigenvalue weighted by Crippen LogP contribution is 2.14. The van der Waals surface area contributed by atoms with Crippen LogP contribution >= 0.6 is 0 Å².